The van der Waals surface area contributed by atoms with Crippen molar-refractivity contribution in [2.45, 2.75) is 17.4 Å². The molecule has 1 aromatic heterocycles. The van der Waals surface area contributed by atoms with E-state index >= 15 is 0 Å². The van der Waals surface area contributed by atoms with Crippen molar-refractivity contribution >= 4 is 37.6 Å². The van der Waals surface area contributed by atoms with Gasteiger partial charge in [-0.2, -0.15) is 4.72 Å². The van der Waals surface area contributed by atoms with E-state index in [2.05, 4.69) is 9.71 Å². The number of aromatic nitrogens is 1. The molecule has 1 atom stereocenters. The lowest BCUT2D eigenvalue weighted by Crippen LogP contribution is -2.45. The van der Waals surface area contributed by atoms with E-state index in [1.165, 1.54) is 6.07 Å². The quantitative estimate of drug-likeness (QED) is 0.469. The van der Waals surface area contributed by atoms with Crippen molar-refractivity contribution in [1.82, 2.24) is 9.71 Å². The number of benzene rings is 3. The molecule has 28 heavy (non-hydrogen) atoms. The average molecular weight is 393 g/mol. The highest BCUT2D eigenvalue weighted by Crippen LogP contribution is 2.21. The zero-order chi connectivity index (χ0) is 19.7. The molecule has 0 spiro atoms. The third kappa shape index (κ3) is 3.49. The number of carbonyl (C=O) groups excluding carboxylic acids is 1. The van der Waals surface area contributed by atoms with E-state index in [-0.39, 0.29) is 11.3 Å². The van der Waals surface area contributed by atoms with Crippen molar-refractivity contribution in [1.29, 1.82) is 0 Å². The molecule has 6 nitrogen and oxygen atoms in total. The van der Waals surface area contributed by atoms with Crippen molar-refractivity contribution in [2.24, 2.45) is 5.73 Å². The molecule has 0 bridgehead atoms. The molecule has 1 amide bonds. The standard InChI is InChI=1S/C21H19N3O3S/c22-21(25)20(12-16-13-23-19-8-4-3-7-18(16)19)24-28(26,27)17-10-9-14-5-1-2-6-15(14)11-17/h1-11,13,20,23-24H,12H2,(H2,22,25). The number of H-pyrrole nitrogens is 1. The summed E-state index contributed by atoms with van der Waals surface area (Å²) in [5.74, 6) is -0.727. The van der Waals surface area contributed by atoms with Crippen LogP contribution in [0, 0.1) is 0 Å². The maximum absolute atomic E-state index is 12.9. The van der Waals surface area contributed by atoms with Gasteiger partial charge in [0.2, 0.25) is 15.9 Å². The number of rotatable bonds is 6. The monoisotopic (exact) mass is 393 g/mol. The third-order valence-electron chi connectivity index (χ3n) is 4.77. The van der Waals surface area contributed by atoms with Crippen LogP contribution in [0.25, 0.3) is 21.7 Å². The molecule has 0 aliphatic carbocycles. The summed E-state index contributed by atoms with van der Waals surface area (Å²) in [5.41, 5.74) is 7.23. The Morgan fingerprint density at radius 3 is 2.50 bits per heavy atom. The normalized spacial score (nSPS) is 13.0. The molecule has 4 aromatic rings. The number of para-hydroxylation sites is 1. The number of carbonyl (C=O) groups is 1. The molecule has 1 heterocycles. The molecular formula is C21H19N3O3S. The van der Waals surface area contributed by atoms with E-state index in [1.807, 2.05) is 48.5 Å². The number of sulfonamides is 1. The molecule has 1 unspecified atom stereocenters. The summed E-state index contributed by atoms with van der Waals surface area (Å²) >= 11 is 0. The summed E-state index contributed by atoms with van der Waals surface area (Å²) in [6.45, 7) is 0. The summed E-state index contributed by atoms with van der Waals surface area (Å²) in [6, 6.07) is 18.9. The fourth-order valence-corrected chi connectivity index (χ4v) is 4.55. The zero-order valence-electron chi connectivity index (χ0n) is 14.9. The van der Waals surface area contributed by atoms with Gasteiger partial charge in [-0.25, -0.2) is 8.42 Å². The van der Waals surface area contributed by atoms with Crippen molar-refractivity contribution in [2.75, 3.05) is 0 Å². The number of amides is 1. The van der Waals surface area contributed by atoms with Crippen molar-refractivity contribution < 1.29 is 13.2 Å². The van der Waals surface area contributed by atoms with Gasteiger partial charge in [0.15, 0.2) is 0 Å². The lowest BCUT2D eigenvalue weighted by atomic mass is 10.1. The summed E-state index contributed by atoms with van der Waals surface area (Å²) < 4.78 is 28.2. The van der Waals surface area contributed by atoms with Crippen LogP contribution in [-0.4, -0.2) is 25.4 Å². The molecule has 0 fully saturated rings. The molecule has 0 saturated heterocycles. The van der Waals surface area contributed by atoms with Gasteiger partial charge in [-0.3, -0.25) is 4.79 Å². The number of primary amides is 1. The number of nitrogens with two attached hydrogens (primary N) is 1. The Bertz CT molecular complexity index is 1280. The molecule has 4 N–H and O–H groups in total. The van der Waals surface area contributed by atoms with E-state index < -0.39 is 22.0 Å². The van der Waals surface area contributed by atoms with Crippen LogP contribution in [-0.2, 0) is 21.2 Å². The third-order valence-corrected chi connectivity index (χ3v) is 6.24. The first kappa shape index (κ1) is 18.2. The molecule has 142 valence electrons. The van der Waals surface area contributed by atoms with E-state index in [9.17, 15) is 13.2 Å². The van der Waals surface area contributed by atoms with Crippen LogP contribution in [0.3, 0.4) is 0 Å². The highest BCUT2D eigenvalue weighted by atomic mass is 32.2. The second-order valence-electron chi connectivity index (χ2n) is 6.65. The Morgan fingerprint density at radius 1 is 1.00 bits per heavy atom. The maximum atomic E-state index is 12.9. The first-order valence-corrected chi connectivity index (χ1v) is 10.3. The highest BCUT2D eigenvalue weighted by molar-refractivity contribution is 7.89. The van der Waals surface area contributed by atoms with Gasteiger partial charge in [0.1, 0.15) is 6.04 Å². The zero-order valence-corrected chi connectivity index (χ0v) is 15.7. The summed E-state index contributed by atoms with van der Waals surface area (Å²) in [5, 5.41) is 2.67. The smallest absolute Gasteiger partial charge is 0.241 e. The van der Waals surface area contributed by atoms with Crippen LogP contribution >= 0.6 is 0 Å². The minimum absolute atomic E-state index is 0.0939. The highest BCUT2D eigenvalue weighted by Gasteiger charge is 2.25. The van der Waals surface area contributed by atoms with Gasteiger partial charge >= 0.3 is 0 Å². The van der Waals surface area contributed by atoms with Gasteiger partial charge in [-0.15, -0.1) is 0 Å². The van der Waals surface area contributed by atoms with Crippen LogP contribution < -0.4 is 10.5 Å². The predicted molar refractivity (Wildman–Crippen MR) is 109 cm³/mol. The fourth-order valence-electron chi connectivity index (χ4n) is 3.31. The Kier molecular flexibility index (Phi) is 4.62. The van der Waals surface area contributed by atoms with Gasteiger partial charge in [-0.1, -0.05) is 48.5 Å². The number of hydrogen-bond donors (Lipinski definition) is 3. The Balaban J connectivity index is 1.63. The Hall–Kier alpha value is -3.16. The van der Waals surface area contributed by atoms with Crippen LogP contribution in [0.5, 0.6) is 0 Å². The SMILES string of the molecule is NC(=O)C(Cc1c[nH]c2ccccc12)NS(=O)(=O)c1ccc2ccccc2c1. The minimum Gasteiger partial charge on any atom is -0.368 e. The van der Waals surface area contributed by atoms with Gasteiger partial charge in [0.25, 0.3) is 0 Å². The summed E-state index contributed by atoms with van der Waals surface area (Å²) in [4.78, 5) is 15.2. The molecule has 0 radical (unpaired) electrons. The minimum atomic E-state index is -3.91. The molecule has 0 saturated carbocycles. The first-order valence-electron chi connectivity index (χ1n) is 8.79. The number of aromatic amines is 1. The molecule has 3 aromatic carbocycles. The van der Waals surface area contributed by atoms with Gasteiger partial charge < -0.3 is 10.7 Å². The lowest BCUT2D eigenvalue weighted by Gasteiger charge is -2.16. The molecule has 0 aliphatic heterocycles. The Morgan fingerprint density at radius 2 is 1.71 bits per heavy atom. The van der Waals surface area contributed by atoms with Gasteiger partial charge in [0.05, 0.1) is 4.90 Å². The van der Waals surface area contributed by atoms with Crippen LogP contribution in [0.15, 0.2) is 77.8 Å². The molecule has 0 aliphatic rings. The molecular weight excluding hydrogens is 374 g/mol. The van der Waals surface area contributed by atoms with Crippen molar-refractivity contribution in [3.8, 4) is 0 Å². The van der Waals surface area contributed by atoms with E-state index in [0.29, 0.717) is 0 Å². The average Bonchev–Trinajstić information content (AvgIpc) is 3.10. The van der Waals surface area contributed by atoms with Crippen molar-refractivity contribution in [3.63, 3.8) is 0 Å². The maximum Gasteiger partial charge on any atom is 0.241 e. The van der Waals surface area contributed by atoms with Crippen LogP contribution in [0.1, 0.15) is 5.56 Å². The summed E-state index contributed by atoms with van der Waals surface area (Å²) in [7, 11) is -3.91. The largest absolute Gasteiger partial charge is 0.368 e. The lowest BCUT2D eigenvalue weighted by molar-refractivity contribution is -0.119. The van der Waals surface area contributed by atoms with Crippen LogP contribution in [0.2, 0.25) is 0 Å². The Labute approximate surface area is 162 Å². The second-order valence-corrected chi connectivity index (χ2v) is 8.36. The van der Waals surface area contributed by atoms with E-state index in [1.54, 1.807) is 18.3 Å². The van der Waals surface area contributed by atoms with E-state index in [4.69, 9.17) is 5.73 Å². The van der Waals surface area contributed by atoms with E-state index in [0.717, 1.165) is 27.2 Å². The number of fused-ring (bicyclic) bond motifs is 2. The number of nitrogens with one attached hydrogen (secondary N) is 2. The number of hydrogen-bond acceptors (Lipinski definition) is 3. The van der Waals surface area contributed by atoms with Gasteiger partial charge in [0, 0.05) is 17.1 Å². The van der Waals surface area contributed by atoms with Crippen molar-refractivity contribution in [3.05, 3.63) is 78.5 Å². The predicted octanol–water partition coefficient (Wildman–Crippen LogP) is 2.70. The first-order chi connectivity index (χ1) is 13.4. The second kappa shape index (κ2) is 7.10. The molecule has 7 heteroatoms. The van der Waals surface area contributed by atoms with Gasteiger partial charge in [-0.05, 0) is 41.0 Å². The van der Waals surface area contributed by atoms with Crippen LogP contribution in [0.4, 0.5) is 0 Å². The summed E-state index contributed by atoms with van der Waals surface area (Å²) in [6.07, 6.45) is 1.93. The molecule has 4 rings (SSSR count). The topological polar surface area (TPSA) is 105 Å². The fraction of sp³-hybridized carbons (Fsp3) is 0.0952.